The molecular weight excluding hydrogens is 274 g/mol. The van der Waals surface area contributed by atoms with E-state index in [1.165, 1.54) is 12.3 Å². The lowest BCUT2D eigenvalue weighted by molar-refractivity contribution is 0.475. The highest BCUT2D eigenvalue weighted by molar-refractivity contribution is 9.10. The molecule has 0 saturated carbocycles. The Bertz CT molecular complexity index is 568. The number of anilines is 2. The van der Waals surface area contributed by atoms with Crippen molar-refractivity contribution in [1.82, 2.24) is 9.97 Å². The Morgan fingerprint density at radius 2 is 2.25 bits per heavy atom. The van der Waals surface area contributed by atoms with E-state index in [0.29, 0.717) is 16.1 Å². The minimum atomic E-state index is -0.266. The van der Waals surface area contributed by atoms with Crippen LogP contribution in [0.2, 0.25) is 0 Å². The molecule has 6 heteroatoms. The van der Waals surface area contributed by atoms with E-state index in [1.54, 1.807) is 18.2 Å². The molecule has 1 aromatic carbocycles. The Kier molecular flexibility index (Phi) is 2.91. The van der Waals surface area contributed by atoms with E-state index in [1.807, 2.05) is 0 Å². The first-order valence-electron chi connectivity index (χ1n) is 4.46. The van der Waals surface area contributed by atoms with Crippen molar-refractivity contribution in [3.63, 3.8) is 0 Å². The normalized spacial score (nSPS) is 10.1. The van der Waals surface area contributed by atoms with E-state index in [0.717, 1.165) is 0 Å². The molecule has 0 unspecified atom stereocenters. The first kappa shape index (κ1) is 10.7. The summed E-state index contributed by atoms with van der Waals surface area (Å²) < 4.78 is 0.369. The van der Waals surface area contributed by atoms with Crippen LogP contribution in [0.3, 0.4) is 0 Å². The molecule has 0 amide bonds. The van der Waals surface area contributed by atoms with Crippen molar-refractivity contribution in [3.05, 3.63) is 45.3 Å². The maximum atomic E-state index is 11.3. The van der Waals surface area contributed by atoms with Crippen LogP contribution in [0.5, 0.6) is 5.75 Å². The number of phenolic OH excluding ortho intramolecular Hbond substituents is 1. The van der Waals surface area contributed by atoms with Crippen LogP contribution < -0.4 is 10.9 Å². The zero-order valence-corrected chi connectivity index (χ0v) is 9.65. The highest BCUT2D eigenvalue weighted by atomic mass is 79.9. The third-order valence-corrected chi connectivity index (χ3v) is 2.43. The van der Waals surface area contributed by atoms with Gasteiger partial charge in [0.05, 0.1) is 6.20 Å². The molecule has 2 aromatic rings. The fourth-order valence-electron chi connectivity index (χ4n) is 1.16. The molecule has 2 rings (SSSR count). The van der Waals surface area contributed by atoms with Gasteiger partial charge in [0.1, 0.15) is 10.2 Å². The second-order valence-electron chi connectivity index (χ2n) is 3.08. The topological polar surface area (TPSA) is 78.0 Å². The molecule has 16 heavy (non-hydrogen) atoms. The molecule has 5 nitrogen and oxygen atoms in total. The minimum absolute atomic E-state index is 0.143. The van der Waals surface area contributed by atoms with Crippen molar-refractivity contribution in [2.24, 2.45) is 0 Å². The largest absolute Gasteiger partial charge is 0.508 e. The van der Waals surface area contributed by atoms with Crippen LogP contribution in [0.1, 0.15) is 0 Å². The van der Waals surface area contributed by atoms with E-state index >= 15 is 0 Å². The van der Waals surface area contributed by atoms with Gasteiger partial charge in [-0.2, -0.15) is 0 Å². The van der Waals surface area contributed by atoms with Crippen molar-refractivity contribution in [3.8, 4) is 5.75 Å². The lowest BCUT2D eigenvalue weighted by Gasteiger charge is -2.04. The number of hydrogen-bond donors (Lipinski definition) is 3. The summed E-state index contributed by atoms with van der Waals surface area (Å²) in [6, 6.07) is 6.53. The SMILES string of the molecule is O=c1[nH]c(Nc2cccc(O)c2)ncc1Br. The average molecular weight is 282 g/mol. The quantitative estimate of drug-likeness (QED) is 0.787. The van der Waals surface area contributed by atoms with E-state index in [2.05, 4.69) is 31.2 Å². The molecule has 0 radical (unpaired) electrons. The van der Waals surface area contributed by atoms with Gasteiger partial charge in [-0.1, -0.05) is 6.07 Å². The number of phenols is 1. The second kappa shape index (κ2) is 4.36. The fraction of sp³-hybridized carbons (Fsp3) is 0. The second-order valence-corrected chi connectivity index (χ2v) is 3.94. The van der Waals surface area contributed by atoms with Gasteiger partial charge >= 0.3 is 0 Å². The lowest BCUT2D eigenvalue weighted by Crippen LogP contribution is -2.10. The minimum Gasteiger partial charge on any atom is -0.508 e. The molecular formula is C10H8BrN3O2. The number of hydrogen-bond acceptors (Lipinski definition) is 4. The van der Waals surface area contributed by atoms with Gasteiger partial charge in [0.25, 0.3) is 5.56 Å². The van der Waals surface area contributed by atoms with Gasteiger partial charge in [0.2, 0.25) is 5.95 Å². The van der Waals surface area contributed by atoms with E-state index < -0.39 is 0 Å². The number of halogens is 1. The standard InChI is InChI=1S/C10H8BrN3O2/c11-8-5-12-10(14-9(8)16)13-6-2-1-3-7(15)4-6/h1-5,15H,(H2,12,13,14,16). The van der Waals surface area contributed by atoms with E-state index in [9.17, 15) is 9.90 Å². The Morgan fingerprint density at radius 1 is 1.44 bits per heavy atom. The Labute approximate surface area is 99.3 Å². The monoisotopic (exact) mass is 281 g/mol. The summed E-state index contributed by atoms with van der Waals surface area (Å²) in [4.78, 5) is 17.8. The van der Waals surface area contributed by atoms with Gasteiger partial charge in [-0.3, -0.25) is 9.78 Å². The van der Waals surface area contributed by atoms with Crippen molar-refractivity contribution >= 4 is 27.6 Å². The maximum absolute atomic E-state index is 11.3. The number of benzene rings is 1. The third kappa shape index (κ3) is 2.40. The summed E-state index contributed by atoms with van der Waals surface area (Å²) in [6.45, 7) is 0. The number of nitrogens with one attached hydrogen (secondary N) is 2. The first-order valence-corrected chi connectivity index (χ1v) is 5.25. The predicted octanol–water partition coefficient (Wildman–Crippen LogP) is 1.98. The number of H-pyrrole nitrogens is 1. The summed E-state index contributed by atoms with van der Waals surface area (Å²) >= 11 is 3.05. The van der Waals surface area contributed by atoms with Crippen LogP contribution in [-0.4, -0.2) is 15.1 Å². The van der Waals surface area contributed by atoms with Crippen LogP contribution in [0.15, 0.2) is 39.7 Å². The summed E-state index contributed by atoms with van der Waals surface area (Å²) in [5.74, 6) is 0.461. The molecule has 82 valence electrons. The van der Waals surface area contributed by atoms with Crippen LogP contribution in [0.4, 0.5) is 11.6 Å². The molecule has 0 bridgehead atoms. The van der Waals surface area contributed by atoms with Gasteiger partial charge in [-0.05, 0) is 28.1 Å². The van der Waals surface area contributed by atoms with Crippen LogP contribution in [0.25, 0.3) is 0 Å². The van der Waals surface area contributed by atoms with Crippen molar-refractivity contribution < 1.29 is 5.11 Å². The van der Waals surface area contributed by atoms with Gasteiger partial charge in [-0.25, -0.2) is 4.98 Å². The number of rotatable bonds is 2. The van der Waals surface area contributed by atoms with Crippen molar-refractivity contribution in [2.45, 2.75) is 0 Å². The smallest absolute Gasteiger partial charge is 0.266 e. The van der Waals surface area contributed by atoms with Crippen molar-refractivity contribution in [1.29, 1.82) is 0 Å². The molecule has 0 aliphatic carbocycles. The van der Waals surface area contributed by atoms with E-state index in [4.69, 9.17) is 0 Å². The van der Waals surface area contributed by atoms with Gasteiger partial charge in [0, 0.05) is 11.8 Å². The Balaban J connectivity index is 2.27. The lowest BCUT2D eigenvalue weighted by atomic mass is 10.3. The van der Waals surface area contributed by atoms with Crippen molar-refractivity contribution in [2.75, 3.05) is 5.32 Å². The van der Waals surface area contributed by atoms with Crippen LogP contribution in [0, 0.1) is 0 Å². The molecule has 0 fully saturated rings. The van der Waals surface area contributed by atoms with Gasteiger partial charge in [-0.15, -0.1) is 0 Å². The first-order chi connectivity index (χ1) is 7.65. The zero-order valence-electron chi connectivity index (χ0n) is 8.07. The molecule has 0 aliphatic rings. The van der Waals surface area contributed by atoms with Crippen LogP contribution in [-0.2, 0) is 0 Å². The molecule has 0 saturated heterocycles. The maximum Gasteiger partial charge on any atom is 0.266 e. The number of aromatic amines is 1. The third-order valence-electron chi connectivity index (χ3n) is 1.86. The number of aromatic nitrogens is 2. The Hall–Kier alpha value is -1.82. The number of nitrogens with zero attached hydrogens (tertiary/aromatic N) is 1. The van der Waals surface area contributed by atoms with E-state index in [-0.39, 0.29) is 11.3 Å². The number of aromatic hydroxyl groups is 1. The predicted molar refractivity (Wildman–Crippen MR) is 63.9 cm³/mol. The highest BCUT2D eigenvalue weighted by Crippen LogP contribution is 2.17. The zero-order chi connectivity index (χ0) is 11.5. The summed E-state index contributed by atoms with van der Waals surface area (Å²) in [6.07, 6.45) is 1.41. The molecule has 0 atom stereocenters. The highest BCUT2D eigenvalue weighted by Gasteiger charge is 2.00. The Morgan fingerprint density at radius 3 is 2.94 bits per heavy atom. The van der Waals surface area contributed by atoms with Crippen LogP contribution >= 0.6 is 15.9 Å². The molecule has 3 N–H and O–H groups in total. The van der Waals surface area contributed by atoms with Gasteiger partial charge < -0.3 is 10.4 Å². The molecule has 0 aliphatic heterocycles. The average Bonchev–Trinajstić information content (AvgIpc) is 2.24. The fourth-order valence-corrected chi connectivity index (χ4v) is 1.36. The molecule has 1 aromatic heterocycles. The van der Waals surface area contributed by atoms with Gasteiger partial charge in [0.15, 0.2) is 0 Å². The molecule has 1 heterocycles. The summed E-state index contributed by atoms with van der Waals surface area (Å²) in [5, 5.41) is 12.1. The summed E-state index contributed by atoms with van der Waals surface area (Å²) in [7, 11) is 0. The summed E-state index contributed by atoms with van der Waals surface area (Å²) in [5.41, 5.74) is 0.378. The molecule has 0 spiro atoms.